The lowest BCUT2D eigenvalue weighted by Crippen LogP contribution is -2.26. The molecule has 2 aromatic carbocycles. The van der Waals surface area contributed by atoms with Crippen LogP contribution in [-0.2, 0) is 11.8 Å². The number of halogens is 3. The number of aliphatic hydroxyl groups is 1. The summed E-state index contributed by atoms with van der Waals surface area (Å²) in [5.74, 6) is 0.568. The van der Waals surface area contributed by atoms with E-state index in [-0.39, 0.29) is 5.56 Å². The standard InChI is InChI=1S/C16H15F3O2/c1-15(20,11-7-9-12(21-2)10-8-11)13-5-3-4-6-14(13)16(17,18)19/h3-10,20H,1-2H3. The molecule has 21 heavy (non-hydrogen) atoms. The molecular formula is C16H15F3O2. The van der Waals surface area contributed by atoms with Crippen LogP contribution >= 0.6 is 0 Å². The Morgan fingerprint density at radius 2 is 1.43 bits per heavy atom. The van der Waals surface area contributed by atoms with Crippen molar-refractivity contribution in [2.75, 3.05) is 7.11 Å². The third-order valence-electron chi connectivity index (χ3n) is 3.41. The minimum atomic E-state index is -4.52. The number of hydrogen-bond donors (Lipinski definition) is 1. The molecule has 1 unspecified atom stereocenters. The molecule has 0 aliphatic heterocycles. The van der Waals surface area contributed by atoms with Gasteiger partial charge in [-0.1, -0.05) is 30.3 Å². The van der Waals surface area contributed by atoms with E-state index >= 15 is 0 Å². The Bertz CT molecular complexity index is 616. The molecule has 0 aromatic heterocycles. The van der Waals surface area contributed by atoms with Crippen molar-refractivity contribution in [2.45, 2.75) is 18.7 Å². The Balaban J connectivity index is 2.53. The van der Waals surface area contributed by atoms with E-state index in [9.17, 15) is 18.3 Å². The normalized spacial score (nSPS) is 14.6. The van der Waals surface area contributed by atoms with Crippen LogP contribution in [-0.4, -0.2) is 12.2 Å². The highest BCUT2D eigenvalue weighted by molar-refractivity contribution is 5.43. The Morgan fingerprint density at radius 3 is 1.90 bits per heavy atom. The summed E-state index contributed by atoms with van der Waals surface area (Å²) in [5, 5.41) is 10.6. The average Bonchev–Trinajstić information content (AvgIpc) is 2.46. The number of rotatable bonds is 3. The summed E-state index contributed by atoms with van der Waals surface area (Å²) < 4.78 is 44.2. The van der Waals surface area contributed by atoms with Gasteiger partial charge in [0.1, 0.15) is 11.4 Å². The van der Waals surface area contributed by atoms with Gasteiger partial charge in [-0.25, -0.2) is 0 Å². The molecule has 0 aliphatic carbocycles. The summed E-state index contributed by atoms with van der Waals surface area (Å²) in [5.41, 5.74) is -2.41. The number of alkyl halides is 3. The summed E-state index contributed by atoms with van der Waals surface area (Å²) in [6.07, 6.45) is -4.52. The van der Waals surface area contributed by atoms with Crippen molar-refractivity contribution >= 4 is 0 Å². The maximum atomic E-state index is 13.1. The Hall–Kier alpha value is -2.01. The first-order valence-electron chi connectivity index (χ1n) is 6.30. The Kier molecular flexibility index (Phi) is 3.96. The van der Waals surface area contributed by atoms with Crippen LogP contribution in [0.3, 0.4) is 0 Å². The molecular weight excluding hydrogens is 281 g/mol. The summed E-state index contributed by atoms with van der Waals surface area (Å²) in [4.78, 5) is 0. The lowest BCUT2D eigenvalue weighted by atomic mass is 9.85. The van der Waals surface area contributed by atoms with Crippen LogP contribution in [0.1, 0.15) is 23.6 Å². The Labute approximate surface area is 120 Å². The van der Waals surface area contributed by atoms with Gasteiger partial charge in [-0.15, -0.1) is 0 Å². The molecule has 1 atom stereocenters. The molecule has 0 saturated heterocycles. The first-order chi connectivity index (χ1) is 9.76. The fourth-order valence-electron chi connectivity index (χ4n) is 2.23. The second-order valence-electron chi connectivity index (χ2n) is 4.84. The van der Waals surface area contributed by atoms with Gasteiger partial charge in [-0.3, -0.25) is 0 Å². The van der Waals surface area contributed by atoms with Gasteiger partial charge in [0.05, 0.1) is 12.7 Å². The van der Waals surface area contributed by atoms with Gasteiger partial charge < -0.3 is 9.84 Å². The summed E-state index contributed by atoms with van der Waals surface area (Å²) in [6, 6.07) is 11.3. The predicted molar refractivity (Wildman–Crippen MR) is 73.1 cm³/mol. The molecule has 2 aromatic rings. The molecule has 0 saturated carbocycles. The summed E-state index contributed by atoms with van der Waals surface area (Å²) >= 11 is 0. The minimum Gasteiger partial charge on any atom is -0.497 e. The van der Waals surface area contributed by atoms with Gasteiger partial charge in [0.25, 0.3) is 0 Å². The van der Waals surface area contributed by atoms with Crippen molar-refractivity contribution in [1.29, 1.82) is 0 Å². The first kappa shape index (κ1) is 15.4. The van der Waals surface area contributed by atoms with Crippen LogP contribution in [0.4, 0.5) is 13.2 Å². The van der Waals surface area contributed by atoms with Gasteiger partial charge in [-0.2, -0.15) is 13.2 Å². The summed E-state index contributed by atoms with van der Waals surface area (Å²) in [6.45, 7) is 1.35. The van der Waals surface area contributed by atoms with Crippen molar-refractivity contribution in [3.63, 3.8) is 0 Å². The maximum Gasteiger partial charge on any atom is 0.416 e. The second-order valence-corrected chi connectivity index (χ2v) is 4.84. The van der Waals surface area contributed by atoms with Crippen LogP contribution in [0.2, 0.25) is 0 Å². The van der Waals surface area contributed by atoms with E-state index in [0.29, 0.717) is 11.3 Å². The highest BCUT2D eigenvalue weighted by atomic mass is 19.4. The zero-order chi connectivity index (χ0) is 15.7. The van der Waals surface area contributed by atoms with Gasteiger partial charge in [-0.05, 0) is 36.2 Å². The molecule has 2 rings (SSSR count). The third kappa shape index (κ3) is 3.03. The van der Waals surface area contributed by atoms with Crippen LogP contribution in [0.5, 0.6) is 5.75 Å². The molecule has 0 aliphatic rings. The van der Waals surface area contributed by atoms with Crippen molar-refractivity contribution < 1.29 is 23.0 Å². The average molecular weight is 296 g/mol. The quantitative estimate of drug-likeness (QED) is 0.928. The van der Waals surface area contributed by atoms with Gasteiger partial charge >= 0.3 is 6.18 Å². The van der Waals surface area contributed by atoms with E-state index in [0.717, 1.165) is 6.07 Å². The van der Waals surface area contributed by atoms with Gasteiger partial charge in [0.15, 0.2) is 0 Å². The Morgan fingerprint density at radius 1 is 0.905 bits per heavy atom. The van der Waals surface area contributed by atoms with Gasteiger partial charge in [0, 0.05) is 0 Å². The van der Waals surface area contributed by atoms with E-state index in [4.69, 9.17) is 4.74 Å². The molecule has 2 nitrogen and oxygen atoms in total. The SMILES string of the molecule is COc1ccc(C(C)(O)c2ccccc2C(F)(F)F)cc1. The molecule has 0 fully saturated rings. The summed E-state index contributed by atoms with van der Waals surface area (Å²) in [7, 11) is 1.49. The van der Waals surface area contributed by atoms with E-state index in [1.807, 2.05) is 0 Å². The molecule has 0 amide bonds. The molecule has 5 heteroatoms. The van der Waals surface area contributed by atoms with E-state index in [1.54, 1.807) is 24.3 Å². The zero-order valence-corrected chi connectivity index (χ0v) is 11.6. The predicted octanol–water partition coefficient (Wildman–Crippen LogP) is 3.97. The van der Waals surface area contributed by atoms with E-state index < -0.39 is 17.3 Å². The van der Waals surface area contributed by atoms with Crippen molar-refractivity contribution in [1.82, 2.24) is 0 Å². The highest BCUT2D eigenvalue weighted by Gasteiger charge is 2.39. The monoisotopic (exact) mass is 296 g/mol. The largest absolute Gasteiger partial charge is 0.497 e. The van der Waals surface area contributed by atoms with Crippen LogP contribution in [0.25, 0.3) is 0 Å². The molecule has 0 spiro atoms. The van der Waals surface area contributed by atoms with Crippen molar-refractivity contribution in [3.05, 3.63) is 65.2 Å². The smallest absolute Gasteiger partial charge is 0.416 e. The highest BCUT2D eigenvalue weighted by Crippen LogP contribution is 2.39. The van der Waals surface area contributed by atoms with E-state index in [2.05, 4.69) is 0 Å². The van der Waals surface area contributed by atoms with Crippen LogP contribution in [0.15, 0.2) is 48.5 Å². The molecule has 112 valence electrons. The lowest BCUT2D eigenvalue weighted by Gasteiger charge is -2.27. The van der Waals surface area contributed by atoms with Crippen LogP contribution in [0, 0.1) is 0 Å². The lowest BCUT2D eigenvalue weighted by molar-refractivity contribution is -0.139. The molecule has 0 radical (unpaired) electrons. The maximum absolute atomic E-state index is 13.1. The number of methoxy groups -OCH3 is 1. The zero-order valence-electron chi connectivity index (χ0n) is 11.6. The van der Waals surface area contributed by atoms with Crippen molar-refractivity contribution in [2.24, 2.45) is 0 Å². The molecule has 0 bridgehead atoms. The van der Waals surface area contributed by atoms with Crippen molar-refractivity contribution in [3.8, 4) is 5.75 Å². The number of ether oxygens (including phenoxy) is 1. The minimum absolute atomic E-state index is 0.178. The fraction of sp³-hybridized carbons (Fsp3) is 0.250. The second kappa shape index (κ2) is 5.41. The topological polar surface area (TPSA) is 29.5 Å². The first-order valence-corrected chi connectivity index (χ1v) is 6.30. The fourth-order valence-corrected chi connectivity index (χ4v) is 2.23. The van der Waals surface area contributed by atoms with Gasteiger partial charge in [0.2, 0.25) is 0 Å². The van der Waals surface area contributed by atoms with Crippen LogP contribution < -0.4 is 4.74 Å². The third-order valence-corrected chi connectivity index (χ3v) is 3.41. The van der Waals surface area contributed by atoms with E-state index in [1.165, 1.54) is 32.2 Å². The number of benzene rings is 2. The molecule has 0 heterocycles. The number of hydrogen-bond acceptors (Lipinski definition) is 2. The molecule has 1 N–H and O–H groups in total.